The molecule has 0 saturated carbocycles. The maximum Gasteiger partial charge on any atom is 0.431 e. The molecule has 29 heavy (non-hydrogen) atoms. The number of halogens is 4. The predicted octanol–water partition coefficient (Wildman–Crippen LogP) is 5.82. The van der Waals surface area contributed by atoms with Crippen molar-refractivity contribution in [3.05, 3.63) is 94.5 Å². The summed E-state index contributed by atoms with van der Waals surface area (Å²) in [5.41, 5.74) is -2.18. The van der Waals surface area contributed by atoms with Crippen molar-refractivity contribution in [1.29, 1.82) is 0 Å². The molecule has 0 aliphatic rings. The third kappa shape index (κ3) is 5.82. The van der Waals surface area contributed by atoms with E-state index < -0.39 is 18.3 Å². The summed E-state index contributed by atoms with van der Waals surface area (Å²) in [4.78, 5) is 0. The van der Waals surface area contributed by atoms with Gasteiger partial charge < -0.3 is 9.84 Å². The third-order valence-corrected chi connectivity index (χ3v) is 4.77. The minimum atomic E-state index is -4.87. The molecule has 0 aliphatic carbocycles. The largest absolute Gasteiger partial charge is 0.457 e. The highest BCUT2D eigenvalue weighted by Crippen LogP contribution is 2.33. The van der Waals surface area contributed by atoms with Crippen molar-refractivity contribution < 1.29 is 23.0 Å². The van der Waals surface area contributed by atoms with Crippen LogP contribution in [0.4, 0.5) is 13.2 Å². The SMILES string of the molecule is OC(Cc1cccc(Oc2ccccc2)c1)(NCc1cccc(Br)c1)C(F)(F)F. The topological polar surface area (TPSA) is 41.5 Å². The second-order valence-electron chi connectivity index (χ2n) is 6.58. The van der Waals surface area contributed by atoms with Crippen molar-refractivity contribution in [2.75, 3.05) is 0 Å². The fraction of sp³-hybridized carbons (Fsp3) is 0.182. The van der Waals surface area contributed by atoms with Gasteiger partial charge in [-0.1, -0.05) is 58.4 Å². The highest BCUT2D eigenvalue weighted by Gasteiger charge is 2.53. The van der Waals surface area contributed by atoms with Crippen LogP contribution in [0, 0.1) is 0 Å². The van der Waals surface area contributed by atoms with E-state index in [2.05, 4.69) is 21.2 Å². The van der Waals surface area contributed by atoms with Crippen LogP contribution in [0.25, 0.3) is 0 Å². The summed E-state index contributed by atoms with van der Waals surface area (Å²) in [5, 5.41) is 12.7. The molecule has 2 N–H and O–H groups in total. The van der Waals surface area contributed by atoms with E-state index >= 15 is 0 Å². The molecule has 0 saturated heterocycles. The van der Waals surface area contributed by atoms with Gasteiger partial charge in [0.25, 0.3) is 0 Å². The Hall–Kier alpha value is -2.35. The number of hydrogen-bond acceptors (Lipinski definition) is 3. The highest BCUT2D eigenvalue weighted by atomic mass is 79.9. The number of benzene rings is 3. The molecule has 0 aliphatic heterocycles. The van der Waals surface area contributed by atoms with Crippen LogP contribution in [0.2, 0.25) is 0 Å². The van der Waals surface area contributed by atoms with Crippen LogP contribution in [0.5, 0.6) is 11.5 Å². The van der Waals surface area contributed by atoms with E-state index in [9.17, 15) is 18.3 Å². The first-order valence-corrected chi connectivity index (χ1v) is 9.65. The first-order valence-electron chi connectivity index (χ1n) is 8.86. The molecule has 1 atom stereocenters. The molecule has 3 rings (SSSR count). The summed E-state index contributed by atoms with van der Waals surface area (Å²) in [6.07, 6.45) is -5.52. The second-order valence-corrected chi connectivity index (χ2v) is 7.50. The average Bonchev–Trinajstić information content (AvgIpc) is 2.67. The molecule has 3 nitrogen and oxygen atoms in total. The van der Waals surface area contributed by atoms with Crippen LogP contribution in [-0.4, -0.2) is 17.0 Å². The molecule has 0 bridgehead atoms. The van der Waals surface area contributed by atoms with E-state index in [1.165, 1.54) is 12.1 Å². The first-order chi connectivity index (χ1) is 13.7. The van der Waals surface area contributed by atoms with Gasteiger partial charge in [-0.05, 0) is 47.5 Å². The minimum absolute atomic E-state index is 0.143. The van der Waals surface area contributed by atoms with E-state index in [0.717, 1.165) is 4.47 Å². The number of rotatable bonds is 7. The summed E-state index contributed by atoms with van der Waals surface area (Å²) < 4.78 is 47.4. The zero-order chi connectivity index (χ0) is 20.9. The Morgan fingerprint density at radius 1 is 0.828 bits per heavy atom. The van der Waals surface area contributed by atoms with Crippen molar-refractivity contribution in [1.82, 2.24) is 5.32 Å². The number of aliphatic hydroxyl groups is 1. The Labute approximate surface area is 175 Å². The Morgan fingerprint density at radius 2 is 1.48 bits per heavy atom. The number of alkyl halides is 3. The summed E-state index contributed by atoms with van der Waals surface area (Å²) in [6.45, 7) is -0.143. The molecule has 0 radical (unpaired) electrons. The molecule has 7 heteroatoms. The normalized spacial score (nSPS) is 13.7. The quantitative estimate of drug-likeness (QED) is 0.431. The molecule has 1 unspecified atom stereocenters. The molecule has 3 aromatic rings. The van der Waals surface area contributed by atoms with Crippen LogP contribution in [0.1, 0.15) is 11.1 Å². The van der Waals surface area contributed by atoms with Crippen LogP contribution in [0.15, 0.2) is 83.3 Å². The number of hydrogen-bond donors (Lipinski definition) is 2. The van der Waals surface area contributed by atoms with Gasteiger partial charge in [0.2, 0.25) is 5.72 Å². The molecular weight excluding hydrogens is 447 g/mol. The number of nitrogens with one attached hydrogen (secondary N) is 1. The van der Waals surface area contributed by atoms with Crippen molar-refractivity contribution in [3.63, 3.8) is 0 Å². The van der Waals surface area contributed by atoms with Gasteiger partial charge in [-0.25, -0.2) is 0 Å². The minimum Gasteiger partial charge on any atom is -0.457 e. The van der Waals surface area contributed by atoms with Gasteiger partial charge in [0, 0.05) is 17.4 Å². The fourth-order valence-electron chi connectivity index (χ4n) is 2.80. The summed E-state index contributed by atoms with van der Waals surface area (Å²) >= 11 is 3.28. The second kappa shape index (κ2) is 8.98. The van der Waals surface area contributed by atoms with Crippen molar-refractivity contribution in [2.24, 2.45) is 0 Å². The molecule has 0 amide bonds. The number of ether oxygens (including phenoxy) is 1. The Balaban J connectivity index is 1.77. The average molecular weight is 466 g/mol. The Bertz CT molecular complexity index is 950. The smallest absolute Gasteiger partial charge is 0.431 e. The Kier molecular flexibility index (Phi) is 6.62. The fourth-order valence-corrected chi connectivity index (χ4v) is 3.24. The summed E-state index contributed by atoms with van der Waals surface area (Å²) in [7, 11) is 0. The van der Waals surface area contributed by atoms with Gasteiger partial charge in [0.05, 0.1) is 0 Å². The zero-order valence-electron chi connectivity index (χ0n) is 15.3. The van der Waals surface area contributed by atoms with Gasteiger partial charge in [0.15, 0.2) is 0 Å². The van der Waals surface area contributed by atoms with Crippen LogP contribution in [-0.2, 0) is 13.0 Å². The van der Waals surface area contributed by atoms with E-state index in [-0.39, 0.29) is 6.54 Å². The lowest BCUT2D eigenvalue weighted by Gasteiger charge is -2.32. The molecule has 0 spiro atoms. The van der Waals surface area contributed by atoms with Gasteiger partial charge in [-0.3, -0.25) is 5.32 Å². The predicted molar refractivity (Wildman–Crippen MR) is 109 cm³/mol. The first kappa shape index (κ1) is 21.4. The monoisotopic (exact) mass is 465 g/mol. The van der Waals surface area contributed by atoms with Gasteiger partial charge in [0.1, 0.15) is 11.5 Å². The van der Waals surface area contributed by atoms with E-state index in [1.54, 1.807) is 60.7 Å². The maximum atomic E-state index is 13.7. The van der Waals surface area contributed by atoms with Gasteiger partial charge in [-0.15, -0.1) is 0 Å². The van der Waals surface area contributed by atoms with Crippen molar-refractivity contribution in [2.45, 2.75) is 24.9 Å². The molecule has 3 aromatic carbocycles. The molecule has 0 heterocycles. The highest BCUT2D eigenvalue weighted by molar-refractivity contribution is 9.10. The maximum absolute atomic E-state index is 13.7. The number of para-hydroxylation sites is 1. The van der Waals surface area contributed by atoms with Crippen LogP contribution in [0.3, 0.4) is 0 Å². The lowest BCUT2D eigenvalue weighted by Crippen LogP contribution is -2.58. The Morgan fingerprint density at radius 3 is 2.17 bits per heavy atom. The molecule has 152 valence electrons. The standard InChI is InChI=1S/C22H19BrF3NO2/c23-18-8-4-7-17(12-18)15-27-21(28,22(24,25)26)14-16-6-5-11-20(13-16)29-19-9-2-1-3-10-19/h1-13,27-28H,14-15H2. The lowest BCUT2D eigenvalue weighted by atomic mass is 10.0. The van der Waals surface area contributed by atoms with Gasteiger partial charge in [-0.2, -0.15) is 13.2 Å². The van der Waals surface area contributed by atoms with Crippen LogP contribution < -0.4 is 10.1 Å². The molecule has 0 aromatic heterocycles. The summed E-state index contributed by atoms with van der Waals surface area (Å²) in [6, 6.07) is 22.1. The third-order valence-electron chi connectivity index (χ3n) is 4.28. The van der Waals surface area contributed by atoms with Crippen molar-refractivity contribution >= 4 is 15.9 Å². The molecule has 0 fully saturated rings. The van der Waals surface area contributed by atoms with E-state index in [1.807, 2.05) is 6.07 Å². The van der Waals surface area contributed by atoms with Gasteiger partial charge >= 0.3 is 6.18 Å². The van der Waals surface area contributed by atoms with Crippen molar-refractivity contribution in [3.8, 4) is 11.5 Å². The van der Waals surface area contributed by atoms with Crippen LogP contribution >= 0.6 is 15.9 Å². The van der Waals surface area contributed by atoms with E-state index in [0.29, 0.717) is 22.6 Å². The summed E-state index contributed by atoms with van der Waals surface area (Å²) in [5.74, 6) is 0.966. The lowest BCUT2D eigenvalue weighted by molar-refractivity contribution is -0.273. The zero-order valence-corrected chi connectivity index (χ0v) is 16.9. The van der Waals surface area contributed by atoms with E-state index in [4.69, 9.17) is 4.74 Å². The molecular formula is C22H19BrF3NO2.